The third-order valence-corrected chi connectivity index (χ3v) is 4.38. The minimum atomic E-state index is 0.562. The Kier molecular flexibility index (Phi) is 5.81. The summed E-state index contributed by atoms with van der Waals surface area (Å²) in [5.74, 6) is 1.27. The Morgan fingerprint density at radius 2 is 1.95 bits per heavy atom. The first-order chi connectivity index (χ1) is 9.65. The Morgan fingerprint density at radius 1 is 1.10 bits per heavy atom. The quantitative estimate of drug-likeness (QED) is 0.783. The summed E-state index contributed by atoms with van der Waals surface area (Å²) in [4.78, 5) is 1.47. The summed E-state index contributed by atoms with van der Waals surface area (Å²) in [6.07, 6.45) is 1.13. The molecular formula is C18H25NS. The van der Waals surface area contributed by atoms with E-state index in [4.69, 9.17) is 0 Å². The largest absolute Gasteiger partial charge is 0.316 e. The predicted octanol–water partition coefficient (Wildman–Crippen LogP) is 4.63. The zero-order valence-corrected chi connectivity index (χ0v) is 13.5. The average molecular weight is 287 g/mol. The van der Waals surface area contributed by atoms with E-state index in [1.54, 1.807) is 0 Å². The Labute approximate surface area is 127 Å². The zero-order chi connectivity index (χ0) is 14.4. The van der Waals surface area contributed by atoms with Gasteiger partial charge < -0.3 is 5.32 Å². The van der Waals surface area contributed by atoms with Gasteiger partial charge in [0.05, 0.1) is 0 Å². The maximum atomic E-state index is 3.62. The lowest BCUT2D eigenvalue weighted by Crippen LogP contribution is -2.26. The van der Waals surface area contributed by atoms with Crippen LogP contribution in [-0.2, 0) is 6.42 Å². The fourth-order valence-corrected chi connectivity index (χ4v) is 3.24. The molecule has 2 heteroatoms. The molecule has 0 saturated heterocycles. The van der Waals surface area contributed by atoms with Gasteiger partial charge in [-0.3, -0.25) is 0 Å². The predicted molar refractivity (Wildman–Crippen MR) is 89.7 cm³/mol. The molecule has 0 spiro atoms. The zero-order valence-electron chi connectivity index (χ0n) is 12.7. The minimum absolute atomic E-state index is 0.562. The first kappa shape index (κ1) is 15.3. The molecule has 1 N–H and O–H groups in total. The van der Waals surface area contributed by atoms with Crippen molar-refractivity contribution >= 4 is 11.3 Å². The average Bonchev–Trinajstić information content (AvgIpc) is 2.90. The van der Waals surface area contributed by atoms with E-state index < -0.39 is 0 Å². The number of hydrogen-bond donors (Lipinski definition) is 1. The first-order valence-corrected chi connectivity index (χ1v) is 8.32. The summed E-state index contributed by atoms with van der Waals surface area (Å²) < 4.78 is 0. The van der Waals surface area contributed by atoms with Crippen LogP contribution in [0.2, 0.25) is 0 Å². The molecule has 0 bridgehead atoms. The lowest BCUT2D eigenvalue weighted by atomic mass is 9.93. The van der Waals surface area contributed by atoms with Gasteiger partial charge in [0.2, 0.25) is 0 Å². The second-order valence-electron chi connectivity index (χ2n) is 5.95. The molecule has 0 aliphatic heterocycles. The van der Waals surface area contributed by atoms with Gasteiger partial charge in [-0.2, -0.15) is 0 Å². The van der Waals surface area contributed by atoms with Gasteiger partial charge in [-0.1, -0.05) is 49.7 Å². The summed E-state index contributed by atoms with van der Waals surface area (Å²) in [7, 11) is 0. The Balaban J connectivity index is 2.06. The monoisotopic (exact) mass is 287 g/mol. The van der Waals surface area contributed by atoms with Gasteiger partial charge in [0, 0.05) is 17.3 Å². The highest BCUT2D eigenvalue weighted by molar-refractivity contribution is 7.09. The van der Waals surface area contributed by atoms with E-state index in [0.29, 0.717) is 11.8 Å². The van der Waals surface area contributed by atoms with E-state index in [-0.39, 0.29) is 0 Å². The lowest BCUT2D eigenvalue weighted by Gasteiger charge is -2.19. The van der Waals surface area contributed by atoms with Crippen LogP contribution in [-0.4, -0.2) is 13.1 Å². The molecule has 20 heavy (non-hydrogen) atoms. The molecule has 1 atom stereocenters. The number of hydrogen-bond acceptors (Lipinski definition) is 2. The number of nitrogens with one attached hydrogen (secondary N) is 1. The number of thiophene rings is 1. The molecule has 0 fully saturated rings. The maximum absolute atomic E-state index is 3.62. The lowest BCUT2D eigenvalue weighted by molar-refractivity contribution is 0.515. The van der Waals surface area contributed by atoms with Crippen LogP contribution in [0.25, 0.3) is 0 Å². The van der Waals surface area contributed by atoms with Crippen LogP contribution in [0.1, 0.15) is 35.8 Å². The molecule has 108 valence electrons. The van der Waals surface area contributed by atoms with Crippen molar-refractivity contribution in [1.82, 2.24) is 5.32 Å². The minimum Gasteiger partial charge on any atom is -0.316 e. The van der Waals surface area contributed by atoms with Crippen molar-refractivity contribution in [2.24, 2.45) is 5.92 Å². The molecule has 0 aliphatic rings. The molecule has 2 aromatic rings. The summed E-state index contributed by atoms with van der Waals surface area (Å²) in [5, 5.41) is 5.79. The molecule has 1 nitrogen and oxygen atoms in total. The molecule has 0 aliphatic carbocycles. The molecule has 0 amide bonds. The highest BCUT2D eigenvalue weighted by atomic mass is 32.1. The van der Waals surface area contributed by atoms with Crippen LogP contribution < -0.4 is 5.32 Å². The normalized spacial score (nSPS) is 12.8. The molecule has 1 aromatic heterocycles. The van der Waals surface area contributed by atoms with Crippen molar-refractivity contribution in [3.63, 3.8) is 0 Å². The van der Waals surface area contributed by atoms with Gasteiger partial charge >= 0.3 is 0 Å². The number of benzene rings is 1. The van der Waals surface area contributed by atoms with E-state index >= 15 is 0 Å². The van der Waals surface area contributed by atoms with E-state index in [0.717, 1.165) is 19.5 Å². The van der Waals surface area contributed by atoms with Crippen molar-refractivity contribution in [1.29, 1.82) is 0 Å². The molecule has 1 unspecified atom stereocenters. The molecule has 1 heterocycles. The Bertz CT molecular complexity index is 502. The highest BCUT2D eigenvalue weighted by Crippen LogP contribution is 2.23. The molecule has 2 rings (SSSR count). The van der Waals surface area contributed by atoms with Crippen molar-refractivity contribution in [3.8, 4) is 0 Å². The van der Waals surface area contributed by atoms with Crippen molar-refractivity contribution in [3.05, 3.63) is 57.8 Å². The summed E-state index contributed by atoms with van der Waals surface area (Å²) in [6, 6.07) is 13.3. The van der Waals surface area contributed by atoms with E-state index in [1.165, 1.54) is 16.0 Å². The van der Waals surface area contributed by atoms with Crippen LogP contribution >= 0.6 is 11.3 Å². The van der Waals surface area contributed by atoms with Crippen LogP contribution in [0.3, 0.4) is 0 Å². The van der Waals surface area contributed by atoms with Crippen LogP contribution in [0.5, 0.6) is 0 Å². The van der Waals surface area contributed by atoms with Crippen LogP contribution in [0.4, 0.5) is 0 Å². The topological polar surface area (TPSA) is 12.0 Å². The van der Waals surface area contributed by atoms with Gasteiger partial charge in [-0.05, 0) is 42.8 Å². The Hall–Kier alpha value is -1.12. The molecular weight excluding hydrogens is 262 g/mol. The fraction of sp³-hybridized carbons (Fsp3) is 0.444. The number of rotatable bonds is 7. The van der Waals surface area contributed by atoms with E-state index in [9.17, 15) is 0 Å². The summed E-state index contributed by atoms with van der Waals surface area (Å²) >= 11 is 1.86. The van der Waals surface area contributed by atoms with Crippen LogP contribution in [0.15, 0.2) is 41.8 Å². The standard InChI is InChI=1S/C18H25NS/c1-14(2)12-19-13-17(11-18-8-5-9-20-18)16-7-4-6-15(3)10-16/h4-10,14,17,19H,11-13H2,1-3H3. The second-order valence-corrected chi connectivity index (χ2v) is 6.98. The molecule has 0 saturated carbocycles. The van der Waals surface area contributed by atoms with Crippen LogP contribution in [0, 0.1) is 12.8 Å². The first-order valence-electron chi connectivity index (χ1n) is 7.45. The van der Waals surface area contributed by atoms with Crippen molar-refractivity contribution in [2.45, 2.75) is 33.1 Å². The van der Waals surface area contributed by atoms with Gasteiger partial charge in [0.25, 0.3) is 0 Å². The number of aryl methyl sites for hydroxylation is 1. The third kappa shape index (κ3) is 4.77. The van der Waals surface area contributed by atoms with Gasteiger partial charge in [-0.15, -0.1) is 11.3 Å². The van der Waals surface area contributed by atoms with Crippen molar-refractivity contribution in [2.75, 3.05) is 13.1 Å². The van der Waals surface area contributed by atoms with Gasteiger partial charge in [0.1, 0.15) is 0 Å². The Morgan fingerprint density at radius 3 is 2.60 bits per heavy atom. The second kappa shape index (κ2) is 7.61. The highest BCUT2D eigenvalue weighted by Gasteiger charge is 2.13. The smallest absolute Gasteiger partial charge is 0.00517 e. The van der Waals surface area contributed by atoms with Gasteiger partial charge in [0.15, 0.2) is 0 Å². The van der Waals surface area contributed by atoms with Gasteiger partial charge in [-0.25, -0.2) is 0 Å². The fourth-order valence-electron chi connectivity index (χ4n) is 2.45. The SMILES string of the molecule is Cc1cccc(C(CNCC(C)C)Cc2cccs2)c1. The summed E-state index contributed by atoms with van der Waals surface area (Å²) in [5.41, 5.74) is 2.80. The maximum Gasteiger partial charge on any atom is 0.00517 e. The molecule has 0 radical (unpaired) electrons. The van der Waals surface area contributed by atoms with Crippen molar-refractivity contribution < 1.29 is 0 Å². The third-order valence-electron chi connectivity index (χ3n) is 3.48. The van der Waals surface area contributed by atoms with E-state index in [1.807, 2.05) is 11.3 Å². The molecule has 1 aromatic carbocycles. The summed E-state index contributed by atoms with van der Waals surface area (Å²) in [6.45, 7) is 8.83. The van der Waals surface area contributed by atoms with E-state index in [2.05, 4.69) is 67.9 Å².